The molecule has 0 bridgehead atoms. The van der Waals surface area contributed by atoms with Crippen molar-refractivity contribution in [1.29, 1.82) is 0 Å². The first-order chi connectivity index (χ1) is 11.6. The Morgan fingerprint density at radius 1 is 1.33 bits per heavy atom. The Labute approximate surface area is 140 Å². The minimum atomic E-state index is -0.0931. The highest BCUT2D eigenvalue weighted by molar-refractivity contribution is 5.76. The lowest BCUT2D eigenvalue weighted by Crippen LogP contribution is -2.32. The van der Waals surface area contributed by atoms with Crippen molar-refractivity contribution in [3.8, 4) is 0 Å². The van der Waals surface area contributed by atoms with Crippen molar-refractivity contribution in [2.45, 2.75) is 46.0 Å². The molecule has 7 nitrogen and oxygen atoms in total. The van der Waals surface area contributed by atoms with E-state index in [1.165, 1.54) is 6.07 Å². The van der Waals surface area contributed by atoms with Crippen LogP contribution < -0.4 is 5.56 Å². The van der Waals surface area contributed by atoms with Crippen LogP contribution in [0.1, 0.15) is 29.9 Å². The SMILES string of the molecule is Cc1cccc(=O)n1CCC(=O)N1CCCn2nc(CO)cc2C1. The summed E-state index contributed by atoms with van der Waals surface area (Å²) in [5.74, 6) is 0.0327. The van der Waals surface area contributed by atoms with E-state index in [1.54, 1.807) is 10.6 Å². The molecule has 0 aromatic carbocycles. The second-order valence-corrected chi connectivity index (χ2v) is 6.08. The standard InChI is InChI=1S/C17H22N4O3/c1-13-4-2-5-17(24)20(13)9-6-16(23)19-7-3-8-21-15(11-19)10-14(12-22)18-21/h2,4-5,10,22H,3,6-9,11-12H2,1H3. The molecule has 0 atom stereocenters. The number of carbonyl (C=O) groups is 1. The number of aromatic nitrogens is 3. The number of carbonyl (C=O) groups excluding carboxylic acids is 1. The summed E-state index contributed by atoms with van der Waals surface area (Å²) < 4.78 is 3.49. The third kappa shape index (κ3) is 3.41. The van der Waals surface area contributed by atoms with Crippen molar-refractivity contribution in [2.75, 3.05) is 6.54 Å². The van der Waals surface area contributed by atoms with E-state index in [-0.39, 0.29) is 18.1 Å². The molecule has 0 saturated carbocycles. The lowest BCUT2D eigenvalue weighted by molar-refractivity contribution is -0.132. The molecule has 3 rings (SSSR count). The zero-order chi connectivity index (χ0) is 17.1. The second kappa shape index (κ2) is 7.00. The molecule has 0 radical (unpaired) electrons. The fourth-order valence-electron chi connectivity index (χ4n) is 3.09. The minimum absolute atomic E-state index is 0.0327. The van der Waals surface area contributed by atoms with Crippen LogP contribution in [-0.4, -0.2) is 36.8 Å². The maximum absolute atomic E-state index is 12.6. The summed E-state index contributed by atoms with van der Waals surface area (Å²) in [4.78, 5) is 26.3. The molecule has 1 aliphatic heterocycles. The average molecular weight is 330 g/mol. The Morgan fingerprint density at radius 3 is 2.92 bits per heavy atom. The summed E-state index contributed by atoms with van der Waals surface area (Å²) in [6.45, 7) is 4.09. The molecule has 2 aromatic rings. The zero-order valence-electron chi connectivity index (χ0n) is 13.8. The van der Waals surface area contributed by atoms with Crippen LogP contribution >= 0.6 is 0 Å². The molecule has 3 heterocycles. The molecule has 1 aliphatic rings. The Kier molecular flexibility index (Phi) is 4.80. The lowest BCUT2D eigenvalue weighted by atomic mass is 10.2. The number of hydrogen-bond donors (Lipinski definition) is 1. The molecule has 1 N–H and O–H groups in total. The zero-order valence-corrected chi connectivity index (χ0v) is 13.8. The van der Waals surface area contributed by atoms with Gasteiger partial charge in [-0.2, -0.15) is 5.10 Å². The van der Waals surface area contributed by atoms with E-state index >= 15 is 0 Å². The van der Waals surface area contributed by atoms with Gasteiger partial charge in [0.25, 0.3) is 5.56 Å². The Hall–Kier alpha value is -2.41. The average Bonchev–Trinajstić information content (AvgIpc) is 2.85. The predicted octanol–water partition coefficient (Wildman–Crippen LogP) is 0.668. The number of aliphatic hydroxyl groups is 1. The number of rotatable bonds is 4. The molecule has 0 aliphatic carbocycles. The Bertz CT molecular complexity index is 793. The van der Waals surface area contributed by atoms with Crippen molar-refractivity contribution >= 4 is 5.91 Å². The van der Waals surface area contributed by atoms with Gasteiger partial charge in [-0.15, -0.1) is 0 Å². The summed E-state index contributed by atoms with van der Waals surface area (Å²) in [5.41, 5.74) is 2.35. The van der Waals surface area contributed by atoms with Crippen molar-refractivity contribution in [1.82, 2.24) is 19.2 Å². The van der Waals surface area contributed by atoms with Crippen LogP contribution in [0.4, 0.5) is 0 Å². The van der Waals surface area contributed by atoms with Crippen molar-refractivity contribution in [2.24, 2.45) is 0 Å². The molecular weight excluding hydrogens is 308 g/mol. The van der Waals surface area contributed by atoms with E-state index in [4.69, 9.17) is 0 Å². The molecule has 7 heteroatoms. The fourth-order valence-corrected chi connectivity index (χ4v) is 3.09. The summed E-state index contributed by atoms with van der Waals surface area (Å²) >= 11 is 0. The molecule has 0 saturated heterocycles. The second-order valence-electron chi connectivity index (χ2n) is 6.08. The normalized spacial score (nSPS) is 14.3. The van der Waals surface area contributed by atoms with Gasteiger partial charge in [-0.25, -0.2) is 0 Å². The number of nitrogens with zero attached hydrogens (tertiary/aromatic N) is 4. The Balaban J connectivity index is 1.67. The van der Waals surface area contributed by atoms with E-state index in [9.17, 15) is 14.7 Å². The van der Waals surface area contributed by atoms with E-state index in [1.807, 2.05) is 28.6 Å². The van der Waals surface area contributed by atoms with Crippen LogP contribution in [0.2, 0.25) is 0 Å². The topological polar surface area (TPSA) is 80.4 Å². The van der Waals surface area contributed by atoms with Gasteiger partial charge in [0.05, 0.1) is 24.5 Å². The van der Waals surface area contributed by atoms with Gasteiger partial charge in [-0.1, -0.05) is 6.07 Å². The molecule has 0 fully saturated rings. The van der Waals surface area contributed by atoms with E-state index < -0.39 is 0 Å². The summed E-state index contributed by atoms with van der Waals surface area (Å²) in [6, 6.07) is 6.95. The molecule has 24 heavy (non-hydrogen) atoms. The molecule has 0 spiro atoms. The lowest BCUT2D eigenvalue weighted by Gasteiger charge is -2.20. The van der Waals surface area contributed by atoms with Crippen LogP contribution in [0.15, 0.2) is 29.1 Å². The number of amides is 1. The van der Waals surface area contributed by atoms with Gasteiger partial charge in [0.2, 0.25) is 5.91 Å². The fraction of sp³-hybridized carbons (Fsp3) is 0.471. The third-order valence-corrected chi connectivity index (χ3v) is 4.40. The molecular formula is C17H22N4O3. The van der Waals surface area contributed by atoms with Crippen molar-refractivity contribution < 1.29 is 9.90 Å². The highest BCUT2D eigenvalue weighted by Crippen LogP contribution is 2.15. The third-order valence-electron chi connectivity index (χ3n) is 4.40. The molecule has 1 amide bonds. The van der Waals surface area contributed by atoms with Crippen molar-refractivity contribution in [3.05, 3.63) is 51.7 Å². The van der Waals surface area contributed by atoms with Crippen LogP contribution in [0, 0.1) is 6.92 Å². The predicted molar refractivity (Wildman–Crippen MR) is 88.2 cm³/mol. The van der Waals surface area contributed by atoms with E-state index in [2.05, 4.69) is 5.10 Å². The van der Waals surface area contributed by atoms with Gasteiger partial charge in [-0.3, -0.25) is 14.3 Å². The summed E-state index contributed by atoms with van der Waals surface area (Å²) in [6.07, 6.45) is 1.13. The summed E-state index contributed by atoms with van der Waals surface area (Å²) in [5, 5.41) is 13.5. The van der Waals surface area contributed by atoms with Gasteiger partial charge >= 0.3 is 0 Å². The first-order valence-electron chi connectivity index (χ1n) is 8.19. The van der Waals surface area contributed by atoms with Gasteiger partial charge in [0, 0.05) is 37.8 Å². The van der Waals surface area contributed by atoms with Crippen LogP contribution in [0.3, 0.4) is 0 Å². The van der Waals surface area contributed by atoms with Gasteiger partial charge < -0.3 is 14.6 Å². The largest absolute Gasteiger partial charge is 0.390 e. The first kappa shape index (κ1) is 16.4. The maximum atomic E-state index is 12.6. The molecule has 2 aromatic heterocycles. The number of fused-ring (bicyclic) bond motifs is 1. The van der Waals surface area contributed by atoms with Crippen LogP contribution in [-0.2, 0) is 31.0 Å². The molecule has 0 unspecified atom stereocenters. The first-order valence-corrected chi connectivity index (χ1v) is 8.19. The molecule has 128 valence electrons. The number of aliphatic hydroxyl groups excluding tert-OH is 1. The smallest absolute Gasteiger partial charge is 0.250 e. The summed E-state index contributed by atoms with van der Waals surface area (Å²) in [7, 11) is 0. The van der Waals surface area contributed by atoms with E-state index in [0.717, 1.165) is 24.4 Å². The van der Waals surface area contributed by atoms with Gasteiger partial charge in [0.15, 0.2) is 0 Å². The van der Waals surface area contributed by atoms with Gasteiger partial charge in [0.1, 0.15) is 0 Å². The van der Waals surface area contributed by atoms with E-state index in [0.29, 0.717) is 31.7 Å². The highest BCUT2D eigenvalue weighted by atomic mass is 16.3. The highest BCUT2D eigenvalue weighted by Gasteiger charge is 2.20. The van der Waals surface area contributed by atoms with Crippen molar-refractivity contribution in [3.63, 3.8) is 0 Å². The number of aryl methyl sites for hydroxylation is 2. The Morgan fingerprint density at radius 2 is 2.17 bits per heavy atom. The maximum Gasteiger partial charge on any atom is 0.250 e. The minimum Gasteiger partial charge on any atom is -0.390 e. The van der Waals surface area contributed by atoms with Crippen LogP contribution in [0.25, 0.3) is 0 Å². The van der Waals surface area contributed by atoms with Crippen LogP contribution in [0.5, 0.6) is 0 Å². The quantitative estimate of drug-likeness (QED) is 0.893. The van der Waals surface area contributed by atoms with Gasteiger partial charge in [-0.05, 0) is 25.5 Å². The number of hydrogen-bond acceptors (Lipinski definition) is 4. The number of pyridine rings is 1. The monoisotopic (exact) mass is 330 g/mol.